The highest BCUT2D eigenvalue weighted by molar-refractivity contribution is 5.99. The summed E-state index contributed by atoms with van der Waals surface area (Å²) in [5.74, 6) is 0.165. The van der Waals surface area contributed by atoms with E-state index in [0.29, 0.717) is 30.2 Å². The van der Waals surface area contributed by atoms with Crippen LogP contribution in [0.1, 0.15) is 40.5 Å². The number of nitrogen functional groups attached to an aromatic ring is 1. The number of carbonyl (C=O) groups is 1. The van der Waals surface area contributed by atoms with E-state index in [1.54, 1.807) is 14.0 Å². The van der Waals surface area contributed by atoms with Crippen molar-refractivity contribution in [2.45, 2.75) is 32.3 Å². The third-order valence-electron chi connectivity index (χ3n) is 4.86. The Morgan fingerprint density at radius 1 is 1.46 bits per heavy atom. The number of ether oxygens (including phenoxy) is 1. The second-order valence-electron chi connectivity index (χ2n) is 6.26. The van der Waals surface area contributed by atoms with E-state index in [0.717, 1.165) is 18.4 Å². The number of carbonyl (C=O) groups excluding carboxylic acids is 1. The Morgan fingerprint density at radius 3 is 2.88 bits per heavy atom. The van der Waals surface area contributed by atoms with Crippen LogP contribution in [0.5, 0.6) is 0 Å². The summed E-state index contributed by atoms with van der Waals surface area (Å²) in [5.41, 5.74) is 8.99. The van der Waals surface area contributed by atoms with Gasteiger partial charge in [0.1, 0.15) is 17.0 Å². The van der Waals surface area contributed by atoms with Gasteiger partial charge in [0.05, 0.1) is 18.8 Å². The number of aryl methyl sites for hydroxylation is 2. The highest BCUT2D eigenvalue weighted by atomic mass is 16.5. The maximum Gasteiger partial charge on any atom is 0.257 e. The molecule has 3 rings (SSSR count). The van der Waals surface area contributed by atoms with Crippen molar-refractivity contribution in [1.82, 2.24) is 15.1 Å². The monoisotopic (exact) mass is 328 g/mol. The van der Waals surface area contributed by atoms with Gasteiger partial charge in [-0.05, 0) is 30.9 Å². The molecule has 1 atom stereocenters. The molecule has 24 heavy (non-hydrogen) atoms. The van der Waals surface area contributed by atoms with Crippen molar-refractivity contribution in [1.29, 1.82) is 0 Å². The SMILES string of the molecule is CCC1(CNC(=O)c2c(C)nn(C)c2N)OCCc2ccccc21. The van der Waals surface area contributed by atoms with Crippen molar-refractivity contribution in [2.24, 2.45) is 7.05 Å². The summed E-state index contributed by atoms with van der Waals surface area (Å²) in [5, 5.41) is 7.20. The van der Waals surface area contributed by atoms with Crippen molar-refractivity contribution in [3.8, 4) is 0 Å². The average molecular weight is 328 g/mol. The molecule has 0 saturated carbocycles. The Hall–Kier alpha value is -2.34. The Balaban J connectivity index is 1.84. The molecule has 0 spiro atoms. The highest BCUT2D eigenvalue weighted by Gasteiger charge is 2.36. The van der Waals surface area contributed by atoms with Crippen LogP contribution >= 0.6 is 0 Å². The molecular formula is C18H24N4O2. The summed E-state index contributed by atoms with van der Waals surface area (Å²) in [6.07, 6.45) is 1.69. The summed E-state index contributed by atoms with van der Waals surface area (Å²) < 4.78 is 7.65. The first kappa shape index (κ1) is 16.5. The fourth-order valence-corrected chi connectivity index (χ4v) is 3.45. The summed E-state index contributed by atoms with van der Waals surface area (Å²) >= 11 is 0. The van der Waals surface area contributed by atoms with E-state index in [4.69, 9.17) is 10.5 Å². The summed E-state index contributed by atoms with van der Waals surface area (Å²) in [4.78, 5) is 12.6. The third-order valence-corrected chi connectivity index (χ3v) is 4.86. The first-order valence-corrected chi connectivity index (χ1v) is 8.28. The van der Waals surface area contributed by atoms with E-state index < -0.39 is 5.60 Å². The number of amides is 1. The van der Waals surface area contributed by atoms with Gasteiger partial charge in [0.2, 0.25) is 0 Å². The number of benzene rings is 1. The lowest BCUT2D eigenvalue weighted by atomic mass is 9.84. The smallest absolute Gasteiger partial charge is 0.257 e. The van der Waals surface area contributed by atoms with Crippen molar-refractivity contribution in [3.63, 3.8) is 0 Å². The van der Waals surface area contributed by atoms with E-state index in [1.807, 2.05) is 12.1 Å². The second kappa shape index (κ2) is 6.28. The van der Waals surface area contributed by atoms with Crippen LogP contribution in [0.25, 0.3) is 0 Å². The van der Waals surface area contributed by atoms with Crippen LogP contribution in [-0.2, 0) is 23.8 Å². The van der Waals surface area contributed by atoms with Crippen LogP contribution in [0.2, 0.25) is 0 Å². The molecule has 1 aromatic carbocycles. The molecule has 1 aliphatic rings. The number of anilines is 1. The standard InChI is InChI=1S/C18H24N4O2/c1-4-18(14-8-6-5-7-13(14)9-10-24-18)11-20-17(23)15-12(2)21-22(3)16(15)19/h5-8H,4,9-11,19H2,1-3H3,(H,20,23). The van der Waals surface area contributed by atoms with Crippen molar-refractivity contribution < 1.29 is 9.53 Å². The molecule has 0 bridgehead atoms. The van der Waals surface area contributed by atoms with Crippen LogP contribution in [0.4, 0.5) is 5.82 Å². The minimum absolute atomic E-state index is 0.211. The number of fused-ring (bicyclic) bond motifs is 1. The van der Waals surface area contributed by atoms with E-state index in [-0.39, 0.29) is 5.91 Å². The van der Waals surface area contributed by atoms with E-state index >= 15 is 0 Å². The third kappa shape index (κ3) is 2.67. The zero-order valence-electron chi connectivity index (χ0n) is 14.4. The molecule has 128 valence electrons. The summed E-state index contributed by atoms with van der Waals surface area (Å²) in [6, 6.07) is 8.28. The molecule has 0 saturated heterocycles. The van der Waals surface area contributed by atoms with Gasteiger partial charge in [-0.3, -0.25) is 9.48 Å². The average Bonchev–Trinajstić information content (AvgIpc) is 2.85. The van der Waals surface area contributed by atoms with Gasteiger partial charge in [0.15, 0.2) is 0 Å². The van der Waals surface area contributed by atoms with Crippen molar-refractivity contribution >= 4 is 11.7 Å². The molecule has 1 unspecified atom stereocenters. The first-order chi connectivity index (χ1) is 11.5. The number of nitrogens with two attached hydrogens (primary N) is 1. The minimum Gasteiger partial charge on any atom is -0.383 e. The maximum absolute atomic E-state index is 12.6. The zero-order valence-corrected chi connectivity index (χ0v) is 14.4. The molecule has 0 radical (unpaired) electrons. The Kier molecular flexibility index (Phi) is 4.32. The molecule has 3 N–H and O–H groups in total. The number of nitrogens with one attached hydrogen (secondary N) is 1. The number of aromatic nitrogens is 2. The van der Waals surface area contributed by atoms with Crippen LogP contribution in [0, 0.1) is 6.92 Å². The molecule has 6 nitrogen and oxygen atoms in total. The van der Waals surface area contributed by atoms with Crippen molar-refractivity contribution in [3.05, 3.63) is 46.6 Å². The zero-order chi connectivity index (χ0) is 17.3. The van der Waals surface area contributed by atoms with Crippen LogP contribution in [-0.4, -0.2) is 28.8 Å². The molecule has 2 heterocycles. The maximum atomic E-state index is 12.6. The molecule has 1 aromatic heterocycles. The van der Waals surface area contributed by atoms with E-state index in [2.05, 4.69) is 29.5 Å². The van der Waals surface area contributed by atoms with Gasteiger partial charge in [-0.15, -0.1) is 0 Å². The molecular weight excluding hydrogens is 304 g/mol. The predicted molar refractivity (Wildman–Crippen MR) is 92.8 cm³/mol. The van der Waals surface area contributed by atoms with Gasteiger partial charge in [0, 0.05) is 7.05 Å². The molecule has 6 heteroatoms. The fraction of sp³-hybridized carbons (Fsp3) is 0.444. The molecule has 1 aliphatic heterocycles. The van der Waals surface area contributed by atoms with Gasteiger partial charge < -0.3 is 15.8 Å². The van der Waals surface area contributed by atoms with E-state index in [1.165, 1.54) is 10.2 Å². The lowest BCUT2D eigenvalue weighted by Crippen LogP contribution is -2.45. The fourth-order valence-electron chi connectivity index (χ4n) is 3.45. The van der Waals surface area contributed by atoms with Gasteiger partial charge in [-0.2, -0.15) is 5.10 Å². The number of hydrogen-bond acceptors (Lipinski definition) is 4. The lowest BCUT2D eigenvalue weighted by molar-refractivity contribution is -0.0606. The Bertz CT molecular complexity index is 768. The normalized spacial score (nSPS) is 19.8. The summed E-state index contributed by atoms with van der Waals surface area (Å²) in [6.45, 7) is 4.94. The quantitative estimate of drug-likeness (QED) is 0.898. The Morgan fingerprint density at radius 2 is 2.21 bits per heavy atom. The highest BCUT2D eigenvalue weighted by Crippen LogP contribution is 2.35. The minimum atomic E-state index is -0.491. The Labute approximate surface area is 142 Å². The van der Waals surface area contributed by atoms with Gasteiger partial charge in [0.25, 0.3) is 5.91 Å². The van der Waals surface area contributed by atoms with E-state index in [9.17, 15) is 4.79 Å². The van der Waals surface area contributed by atoms with Crippen LogP contribution in [0.15, 0.2) is 24.3 Å². The number of rotatable bonds is 4. The molecule has 1 amide bonds. The first-order valence-electron chi connectivity index (χ1n) is 8.28. The topological polar surface area (TPSA) is 82.2 Å². The predicted octanol–water partition coefficient (Wildman–Crippen LogP) is 1.92. The van der Waals surface area contributed by atoms with Gasteiger partial charge in [-0.25, -0.2) is 0 Å². The van der Waals surface area contributed by atoms with Crippen LogP contribution < -0.4 is 11.1 Å². The lowest BCUT2D eigenvalue weighted by Gasteiger charge is -2.38. The summed E-state index contributed by atoms with van der Waals surface area (Å²) in [7, 11) is 1.73. The molecule has 2 aromatic rings. The molecule has 0 aliphatic carbocycles. The largest absolute Gasteiger partial charge is 0.383 e. The second-order valence-corrected chi connectivity index (χ2v) is 6.26. The van der Waals surface area contributed by atoms with Gasteiger partial charge >= 0.3 is 0 Å². The van der Waals surface area contributed by atoms with Crippen LogP contribution in [0.3, 0.4) is 0 Å². The molecule has 0 fully saturated rings. The van der Waals surface area contributed by atoms with Gasteiger partial charge in [-0.1, -0.05) is 31.2 Å². The number of nitrogens with zero attached hydrogens (tertiary/aromatic N) is 2. The number of hydrogen-bond donors (Lipinski definition) is 2. The van der Waals surface area contributed by atoms with Crippen molar-refractivity contribution in [2.75, 3.05) is 18.9 Å².